The standard InChI is InChI=1S/C19H16ClN5O/c20-15-8-6-13(7-9-15)16(12-26)21-17-10-11-18-22-23-19(25(18)24-17)14-4-2-1-3-5-14/h1-11,16,26H,12H2,(H,21,24). The summed E-state index contributed by atoms with van der Waals surface area (Å²) in [6.07, 6.45) is 0. The van der Waals surface area contributed by atoms with Gasteiger partial charge in [-0.15, -0.1) is 15.3 Å². The van der Waals surface area contributed by atoms with Crippen LogP contribution in [0, 0.1) is 0 Å². The zero-order valence-electron chi connectivity index (χ0n) is 13.7. The molecule has 0 saturated carbocycles. The fourth-order valence-corrected chi connectivity index (χ4v) is 2.87. The summed E-state index contributed by atoms with van der Waals surface area (Å²) in [6, 6.07) is 20.5. The van der Waals surface area contributed by atoms with Crippen LogP contribution in [-0.4, -0.2) is 31.5 Å². The number of rotatable bonds is 5. The molecule has 130 valence electrons. The van der Waals surface area contributed by atoms with Crippen molar-refractivity contribution in [2.45, 2.75) is 6.04 Å². The maximum absolute atomic E-state index is 9.76. The van der Waals surface area contributed by atoms with E-state index in [1.165, 1.54) is 0 Å². The SMILES string of the molecule is OCC(Nc1ccc2nnc(-c3ccccc3)n2n1)c1ccc(Cl)cc1. The highest BCUT2D eigenvalue weighted by atomic mass is 35.5. The normalized spacial score (nSPS) is 12.2. The molecule has 6 nitrogen and oxygen atoms in total. The maximum atomic E-state index is 9.76. The number of benzene rings is 2. The van der Waals surface area contributed by atoms with Crippen LogP contribution in [0.1, 0.15) is 11.6 Å². The van der Waals surface area contributed by atoms with Gasteiger partial charge < -0.3 is 10.4 Å². The van der Waals surface area contributed by atoms with Crippen LogP contribution in [0.15, 0.2) is 66.7 Å². The summed E-state index contributed by atoms with van der Waals surface area (Å²) in [5, 5.41) is 26.6. The van der Waals surface area contributed by atoms with Gasteiger partial charge in [-0.1, -0.05) is 54.1 Å². The molecule has 0 saturated heterocycles. The minimum Gasteiger partial charge on any atom is -0.394 e. The van der Waals surface area contributed by atoms with E-state index in [2.05, 4.69) is 20.6 Å². The molecule has 4 aromatic rings. The Hall–Kier alpha value is -2.96. The van der Waals surface area contributed by atoms with Crippen molar-refractivity contribution in [1.29, 1.82) is 0 Å². The molecule has 7 heteroatoms. The quantitative estimate of drug-likeness (QED) is 0.565. The summed E-state index contributed by atoms with van der Waals surface area (Å²) in [5.74, 6) is 1.28. The summed E-state index contributed by atoms with van der Waals surface area (Å²) in [5.41, 5.74) is 2.51. The molecule has 0 spiro atoms. The lowest BCUT2D eigenvalue weighted by Gasteiger charge is -2.17. The molecule has 0 aliphatic heterocycles. The van der Waals surface area contributed by atoms with Crippen molar-refractivity contribution in [3.8, 4) is 11.4 Å². The van der Waals surface area contributed by atoms with E-state index in [-0.39, 0.29) is 12.6 Å². The molecule has 2 aromatic carbocycles. The van der Waals surface area contributed by atoms with Gasteiger partial charge in [0, 0.05) is 10.6 Å². The summed E-state index contributed by atoms with van der Waals surface area (Å²) in [6.45, 7) is -0.0743. The first-order chi connectivity index (χ1) is 12.7. The summed E-state index contributed by atoms with van der Waals surface area (Å²) in [7, 11) is 0. The van der Waals surface area contributed by atoms with E-state index in [1.807, 2.05) is 54.6 Å². The molecule has 0 aliphatic rings. The van der Waals surface area contributed by atoms with Gasteiger partial charge in [0.15, 0.2) is 11.5 Å². The summed E-state index contributed by atoms with van der Waals surface area (Å²) < 4.78 is 1.69. The van der Waals surface area contributed by atoms with Crippen LogP contribution >= 0.6 is 11.6 Å². The number of aliphatic hydroxyl groups is 1. The van der Waals surface area contributed by atoms with E-state index >= 15 is 0 Å². The molecule has 4 rings (SSSR count). The molecular formula is C19H16ClN5O. The van der Waals surface area contributed by atoms with Crippen molar-refractivity contribution in [2.24, 2.45) is 0 Å². The van der Waals surface area contributed by atoms with Gasteiger partial charge in [-0.3, -0.25) is 0 Å². The highest BCUT2D eigenvalue weighted by Crippen LogP contribution is 2.22. The fraction of sp³-hybridized carbons (Fsp3) is 0.105. The van der Waals surface area contributed by atoms with Gasteiger partial charge in [0.2, 0.25) is 0 Å². The first-order valence-corrected chi connectivity index (χ1v) is 8.53. The van der Waals surface area contributed by atoms with Crippen molar-refractivity contribution in [1.82, 2.24) is 19.8 Å². The van der Waals surface area contributed by atoms with E-state index < -0.39 is 0 Å². The third-order valence-corrected chi connectivity index (χ3v) is 4.32. The van der Waals surface area contributed by atoms with Crippen LogP contribution < -0.4 is 5.32 Å². The third kappa shape index (κ3) is 3.24. The first-order valence-electron chi connectivity index (χ1n) is 8.15. The van der Waals surface area contributed by atoms with Gasteiger partial charge in [-0.25, -0.2) is 0 Å². The number of nitrogens with zero attached hydrogens (tertiary/aromatic N) is 4. The van der Waals surface area contributed by atoms with Crippen LogP contribution in [0.5, 0.6) is 0 Å². The van der Waals surface area contributed by atoms with Crippen molar-refractivity contribution in [2.75, 3.05) is 11.9 Å². The zero-order valence-corrected chi connectivity index (χ0v) is 14.5. The van der Waals surface area contributed by atoms with Gasteiger partial charge in [-0.05, 0) is 29.8 Å². The van der Waals surface area contributed by atoms with E-state index in [0.717, 1.165) is 11.1 Å². The van der Waals surface area contributed by atoms with Crippen LogP contribution in [0.2, 0.25) is 5.02 Å². The molecule has 0 aliphatic carbocycles. The smallest absolute Gasteiger partial charge is 0.185 e. The number of hydrogen-bond donors (Lipinski definition) is 2. The Morgan fingerprint density at radius 3 is 2.46 bits per heavy atom. The monoisotopic (exact) mass is 365 g/mol. The molecule has 26 heavy (non-hydrogen) atoms. The molecule has 2 N–H and O–H groups in total. The molecule has 0 amide bonds. The lowest BCUT2D eigenvalue weighted by atomic mass is 10.1. The zero-order chi connectivity index (χ0) is 17.9. The highest BCUT2D eigenvalue weighted by Gasteiger charge is 2.13. The highest BCUT2D eigenvalue weighted by molar-refractivity contribution is 6.30. The molecule has 1 unspecified atom stereocenters. The average Bonchev–Trinajstić information content (AvgIpc) is 3.11. The second-order valence-electron chi connectivity index (χ2n) is 5.81. The van der Waals surface area contributed by atoms with E-state index in [0.29, 0.717) is 22.3 Å². The Balaban J connectivity index is 1.67. The van der Waals surface area contributed by atoms with Crippen molar-refractivity contribution in [3.63, 3.8) is 0 Å². The number of anilines is 1. The second-order valence-corrected chi connectivity index (χ2v) is 6.25. The number of nitrogens with one attached hydrogen (secondary N) is 1. The Morgan fingerprint density at radius 1 is 0.962 bits per heavy atom. The van der Waals surface area contributed by atoms with Gasteiger partial charge >= 0.3 is 0 Å². The Bertz CT molecular complexity index is 1020. The Labute approximate surface area is 155 Å². The maximum Gasteiger partial charge on any atom is 0.185 e. The van der Waals surface area contributed by atoms with E-state index in [1.54, 1.807) is 16.6 Å². The number of aromatic nitrogens is 4. The molecule has 2 heterocycles. The van der Waals surface area contributed by atoms with Crippen LogP contribution in [-0.2, 0) is 0 Å². The van der Waals surface area contributed by atoms with Crippen LogP contribution in [0.4, 0.5) is 5.82 Å². The molecular weight excluding hydrogens is 350 g/mol. The van der Waals surface area contributed by atoms with Gasteiger partial charge in [0.05, 0.1) is 12.6 Å². The molecule has 0 bridgehead atoms. The third-order valence-electron chi connectivity index (χ3n) is 4.07. The molecule has 1 atom stereocenters. The number of fused-ring (bicyclic) bond motifs is 1. The van der Waals surface area contributed by atoms with Crippen molar-refractivity contribution >= 4 is 23.1 Å². The predicted octanol–water partition coefficient (Wildman–Crippen LogP) is 3.59. The minimum atomic E-state index is -0.297. The first kappa shape index (κ1) is 16.5. The fourth-order valence-electron chi connectivity index (χ4n) is 2.74. The molecule has 0 radical (unpaired) electrons. The second kappa shape index (κ2) is 7.11. The van der Waals surface area contributed by atoms with E-state index in [9.17, 15) is 5.11 Å². The lowest BCUT2D eigenvalue weighted by Crippen LogP contribution is -2.16. The van der Waals surface area contributed by atoms with Crippen molar-refractivity contribution < 1.29 is 5.11 Å². The molecule has 2 aromatic heterocycles. The summed E-state index contributed by atoms with van der Waals surface area (Å²) in [4.78, 5) is 0. The number of halogens is 1. The summed E-state index contributed by atoms with van der Waals surface area (Å²) >= 11 is 5.94. The van der Waals surface area contributed by atoms with Gasteiger partial charge in [0.1, 0.15) is 5.82 Å². The Morgan fingerprint density at radius 2 is 1.73 bits per heavy atom. The van der Waals surface area contributed by atoms with Crippen LogP contribution in [0.3, 0.4) is 0 Å². The number of hydrogen-bond acceptors (Lipinski definition) is 5. The van der Waals surface area contributed by atoms with E-state index in [4.69, 9.17) is 11.6 Å². The van der Waals surface area contributed by atoms with Crippen LogP contribution in [0.25, 0.3) is 17.0 Å². The van der Waals surface area contributed by atoms with Gasteiger partial charge in [-0.2, -0.15) is 4.52 Å². The van der Waals surface area contributed by atoms with Gasteiger partial charge in [0.25, 0.3) is 0 Å². The average molecular weight is 366 g/mol. The van der Waals surface area contributed by atoms with Crippen molar-refractivity contribution in [3.05, 3.63) is 77.3 Å². The number of aliphatic hydroxyl groups excluding tert-OH is 1. The Kier molecular flexibility index (Phi) is 4.51. The minimum absolute atomic E-state index is 0.0743. The molecule has 0 fully saturated rings. The predicted molar refractivity (Wildman–Crippen MR) is 101 cm³/mol. The lowest BCUT2D eigenvalue weighted by molar-refractivity contribution is 0.276. The largest absolute Gasteiger partial charge is 0.394 e. The topological polar surface area (TPSA) is 75.3 Å².